The normalized spacial score (nSPS) is 12.2. The quantitative estimate of drug-likeness (QED) is 0.622. The molecule has 0 aliphatic carbocycles. The fourth-order valence-electron chi connectivity index (χ4n) is 0.692. The second kappa shape index (κ2) is 5.35. The number of rotatable bonds is 1. The second-order valence-electron chi connectivity index (χ2n) is 3.14. The molecular formula is C8H12F3NO3S. The molecule has 1 N–H and O–H groups in total. The minimum Gasteiger partial charge on any atom is -0.352 e. The van der Waals surface area contributed by atoms with Crippen LogP contribution in [0.5, 0.6) is 0 Å². The first kappa shape index (κ1) is 15.0. The summed E-state index contributed by atoms with van der Waals surface area (Å²) in [6.07, 6.45) is 4.15. The number of aromatic nitrogens is 1. The molecule has 0 aliphatic heterocycles. The highest BCUT2D eigenvalue weighted by molar-refractivity contribution is 7.86. The van der Waals surface area contributed by atoms with Gasteiger partial charge in [0.2, 0.25) is 0 Å². The largest absolute Gasteiger partial charge is 0.522 e. The molecule has 0 amide bonds. The molecule has 0 aromatic carbocycles. The summed E-state index contributed by atoms with van der Waals surface area (Å²) >= 11 is 0. The van der Waals surface area contributed by atoms with Crippen LogP contribution in [0.25, 0.3) is 0 Å². The van der Waals surface area contributed by atoms with Crippen molar-refractivity contribution in [3.63, 3.8) is 0 Å². The Morgan fingerprint density at radius 2 is 1.50 bits per heavy atom. The molecule has 8 heteroatoms. The van der Waals surface area contributed by atoms with E-state index >= 15 is 0 Å². The van der Waals surface area contributed by atoms with Crippen molar-refractivity contribution in [1.29, 1.82) is 0 Å². The third kappa shape index (κ3) is 5.17. The van der Waals surface area contributed by atoms with Crippen LogP contribution in [0.2, 0.25) is 0 Å². The molecule has 0 atom stereocenters. The summed E-state index contributed by atoms with van der Waals surface area (Å²) in [5, 5.41) is 0. The number of halogens is 3. The van der Waals surface area contributed by atoms with Crippen molar-refractivity contribution in [3.05, 3.63) is 24.5 Å². The summed E-state index contributed by atoms with van der Waals surface area (Å²) in [7, 11) is -5.84. The van der Waals surface area contributed by atoms with Crippen molar-refractivity contribution >= 4 is 10.1 Å². The lowest BCUT2D eigenvalue weighted by Crippen LogP contribution is -2.21. The van der Waals surface area contributed by atoms with Gasteiger partial charge in [-0.2, -0.15) is 21.6 Å². The molecule has 1 aromatic heterocycles. The van der Waals surface area contributed by atoms with Gasteiger partial charge in [-0.1, -0.05) is 0 Å². The van der Waals surface area contributed by atoms with Gasteiger partial charge in [-0.25, -0.2) is 0 Å². The first-order valence-electron chi connectivity index (χ1n) is 4.22. The topological polar surface area (TPSA) is 59.3 Å². The average Bonchev–Trinajstić information content (AvgIpc) is 2.51. The highest BCUT2D eigenvalue weighted by Gasteiger charge is 2.44. The van der Waals surface area contributed by atoms with Crippen LogP contribution in [0.4, 0.5) is 13.2 Å². The van der Waals surface area contributed by atoms with E-state index < -0.39 is 15.6 Å². The van der Waals surface area contributed by atoms with Crippen LogP contribution >= 0.6 is 0 Å². The van der Waals surface area contributed by atoms with Crippen molar-refractivity contribution in [2.45, 2.75) is 25.4 Å². The van der Waals surface area contributed by atoms with E-state index in [0.717, 1.165) is 0 Å². The summed E-state index contributed by atoms with van der Waals surface area (Å²) in [6, 6.07) is 4.69. The summed E-state index contributed by atoms with van der Waals surface area (Å²) in [5.74, 6) is 0. The average molecular weight is 259 g/mol. The maximum Gasteiger partial charge on any atom is 0.522 e. The van der Waals surface area contributed by atoms with Gasteiger partial charge in [0.25, 0.3) is 0 Å². The van der Waals surface area contributed by atoms with E-state index in [1.807, 2.05) is 12.1 Å². The Labute approximate surface area is 91.4 Å². The van der Waals surface area contributed by atoms with E-state index in [2.05, 4.69) is 30.8 Å². The van der Waals surface area contributed by atoms with Gasteiger partial charge in [-0.05, 0) is 26.0 Å². The molecule has 0 fully saturated rings. The summed E-state index contributed by atoms with van der Waals surface area (Å²) in [5.41, 5.74) is -5.53. The molecule has 0 saturated carbocycles. The lowest BCUT2D eigenvalue weighted by atomic mass is 10.4. The highest BCUT2D eigenvalue weighted by atomic mass is 32.2. The van der Waals surface area contributed by atoms with Crippen LogP contribution in [-0.4, -0.2) is 23.0 Å². The Kier molecular flexibility index (Phi) is 5.01. The molecular weight excluding hydrogens is 247 g/mol. The van der Waals surface area contributed by atoms with Crippen LogP contribution in [-0.2, 0) is 10.1 Å². The molecule has 16 heavy (non-hydrogen) atoms. The van der Waals surface area contributed by atoms with Crippen LogP contribution in [0.1, 0.15) is 19.9 Å². The zero-order valence-corrected chi connectivity index (χ0v) is 9.46. The van der Waals surface area contributed by atoms with Crippen molar-refractivity contribution in [2.75, 3.05) is 0 Å². The Bertz CT molecular complexity index is 395. The standard InChI is InChI=1S/C7H11N.CHF3O3S/c1-7(2)8-5-3-4-6-8;2-1(3,4)8(5,6)7/h3-7H,1-2H3;(H,5,6,7). The molecule has 0 bridgehead atoms. The Morgan fingerprint density at radius 1 is 1.19 bits per heavy atom. The van der Waals surface area contributed by atoms with E-state index in [4.69, 9.17) is 13.0 Å². The lowest BCUT2D eigenvalue weighted by Gasteiger charge is -2.03. The molecule has 0 aliphatic rings. The van der Waals surface area contributed by atoms with Gasteiger partial charge >= 0.3 is 15.6 Å². The number of hydrogen-bond acceptors (Lipinski definition) is 2. The number of hydrogen-bond donors (Lipinski definition) is 1. The zero-order valence-electron chi connectivity index (χ0n) is 8.64. The van der Waals surface area contributed by atoms with E-state index in [0.29, 0.717) is 6.04 Å². The van der Waals surface area contributed by atoms with Gasteiger partial charge in [-0.15, -0.1) is 0 Å². The van der Waals surface area contributed by atoms with E-state index in [1.54, 1.807) is 0 Å². The van der Waals surface area contributed by atoms with Crippen molar-refractivity contribution in [3.8, 4) is 0 Å². The molecule has 0 spiro atoms. The minimum absolute atomic E-state index is 0.602. The second-order valence-corrected chi connectivity index (χ2v) is 4.56. The summed E-state index contributed by atoms with van der Waals surface area (Å²) < 4.78 is 59.7. The molecule has 1 heterocycles. The predicted octanol–water partition coefficient (Wildman–Crippen LogP) is 2.46. The van der Waals surface area contributed by atoms with Crippen LogP contribution in [0.3, 0.4) is 0 Å². The van der Waals surface area contributed by atoms with Crippen molar-refractivity contribution in [1.82, 2.24) is 4.57 Å². The smallest absolute Gasteiger partial charge is 0.352 e. The van der Waals surface area contributed by atoms with Crippen molar-refractivity contribution < 1.29 is 26.1 Å². The molecule has 1 aromatic rings. The number of nitrogens with zero attached hydrogens (tertiary/aromatic N) is 1. The molecule has 0 saturated heterocycles. The fraction of sp³-hybridized carbons (Fsp3) is 0.500. The Hall–Kier alpha value is -1.02. The molecule has 0 radical (unpaired) electrons. The monoisotopic (exact) mass is 259 g/mol. The Morgan fingerprint density at radius 3 is 1.62 bits per heavy atom. The SMILES string of the molecule is CC(C)n1cccc1.O=S(=O)(O)C(F)(F)F. The Balaban J connectivity index is 0.000000281. The lowest BCUT2D eigenvalue weighted by molar-refractivity contribution is -0.0510. The van der Waals surface area contributed by atoms with E-state index in [-0.39, 0.29) is 0 Å². The van der Waals surface area contributed by atoms with Gasteiger partial charge in [0, 0.05) is 18.4 Å². The highest BCUT2D eigenvalue weighted by Crippen LogP contribution is 2.20. The minimum atomic E-state index is -5.84. The molecule has 0 unspecified atom stereocenters. The predicted molar refractivity (Wildman–Crippen MR) is 52.4 cm³/mol. The van der Waals surface area contributed by atoms with Gasteiger partial charge in [0.15, 0.2) is 0 Å². The van der Waals surface area contributed by atoms with Crippen LogP contribution in [0.15, 0.2) is 24.5 Å². The third-order valence-corrected chi connectivity index (χ3v) is 2.10. The first-order chi connectivity index (χ1) is 7.05. The maximum atomic E-state index is 10.7. The molecule has 1 rings (SSSR count). The van der Waals surface area contributed by atoms with E-state index in [9.17, 15) is 13.2 Å². The van der Waals surface area contributed by atoms with Gasteiger partial charge in [0.1, 0.15) is 0 Å². The zero-order chi connectivity index (χ0) is 13.0. The maximum absolute atomic E-state index is 10.7. The van der Waals surface area contributed by atoms with E-state index in [1.165, 1.54) is 0 Å². The molecule has 94 valence electrons. The molecule has 4 nitrogen and oxygen atoms in total. The van der Waals surface area contributed by atoms with Gasteiger partial charge in [0.05, 0.1) is 0 Å². The van der Waals surface area contributed by atoms with Crippen LogP contribution < -0.4 is 0 Å². The summed E-state index contributed by atoms with van der Waals surface area (Å²) in [4.78, 5) is 0. The van der Waals surface area contributed by atoms with Crippen molar-refractivity contribution in [2.24, 2.45) is 0 Å². The summed E-state index contributed by atoms with van der Waals surface area (Å²) in [6.45, 7) is 4.33. The fourth-order valence-corrected chi connectivity index (χ4v) is 0.692. The third-order valence-electron chi connectivity index (χ3n) is 1.52. The number of alkyl halides is 3. The first-order valence-corrected chi connectivity index (χ1v) is 5.66. The van der Waals surface area contributed by atoms with Gasteiger partial charge < -0.3 is 4.57 Å². The van der Waals surface area contributed by atoms with Crippen LogP contribution in [0, 0.1) is 0 Å². The van der Waals surface area contributed by atoms with Gasteiger partial charge in [-0.3, -0.25) is 4.55 Å².